The van der Waals surface area contributed by atoms with Crippen molar-refractivity contribution < 1.29 is 18.3 Å². The molecule has 0 saturated carbocycles. The van der Waals surface area contributed by atoms with E-state index in [0.717, 1.165) is 10.7 Å². The summed E-state index contributed by atoms with van der Waals surface area (Å²) in [5.41, 5.74) is 6.64. The number of unbranched alkanes of at least 4 members (excludes halogenated alkanes) is 1. The van der Waals surface area contributed by atoms with Crippen LogP contribution in [0, 0.1) is 0 Å². The van der Waals surface area contributed by atoms with Crippen LogP contribution in [0.4, 0.5) is 0 Å². The van der Waals surface area contributed by atoms with Crippen molar-refractivity contribution >= 4 is 21.7 Å². The molecule has 0 aromatic heterocycles. The van der Waals surface area contributed by atoms with Gasteiger partial charge in [-0.3, -0.25) is 5.73 Å². The first kappa shape index (κ1) is 14.7. The van der Waals surface area contributed by atoms with E-state index in [2.05, 4.69) is 4.99 Å². The fraction of sp³-hybridized carbons (Fsp3) is 0.500. The van der Waals surface area contributed by atoms with Crippen LogP contribution in [0.25, 0.3) is 0 Å². The van der Waals surface area contributed by atoms with Gasteiger partial charge < -0.3 is 5.11 Å². The first-order valence-corrected chi connectivity index (χ1v) is 7.97. The SMILES string of the molecule is CCCCS(=O)(=O)N1C2=CCC(C(=O)O)=CC2=NC1N. The number of carbonyl (C=O) groups is 1. The first-order chi connectivity index (χ1) is 9.36. The number of fused-ring (bicyclic) bond motifs is 1. The van der Waals surface area contributed by atoms with Gasteiger partial charge >= 0.3 is 5.97 Å². The third-order valence-electron chi connectivity index (χ3n) is 3.17. The molecule has 0 saturated heterocycles. The third kappa shape index (κ3) is 2.61. The van der Waals surface area contributed by atoms with Gasteiger partial charge in [-0.25, -0.2) is 22.5 Å². The second-order valence-corrected chi connectivity index (χ2v) is 6.63. The molecule has 20 heavy (non-hydrogen) atoms. The molecule has 1 unspecified atom stereocenters. The number of aliphatic imine (C=N–C) groups is 1. The van der Waals surface area contributed by atoms with Gasteiger partial charge in [-0.1, -0.05) is 19.4 Å². The van der Waals surface area contributed by atoms with Crippen molar-refractivity contribution in [2.45, 2.75) is 32.5 Å². The number of sulfonamides is 1. The number of hydrogen-bond acceptors (Lipinski definition) is 5. The third-order valence-corrected chi connectivity index (χ3v) is 4.98. The highest BCUT2D eigenvalue weighted by molar-refractivity contribution is 7.89. The van der Waals surface area contributed by atoms with Gasteiger partial charge in [0.15, 0.2) is 6.29 Å². The predicted molar refractivity (Wildman–Crippen MR) is 74.4 cm³/mol. The number of aliphatic carboxylic acids is 1. The Kier molecular flexibility index (Phi) is 3.96. The van der Waals surface area contributed by atoms with Crippen LogP contribution in [0.3, 0.4) is 0 Å². The van der Waals surface area contributed by atoms with E-state index in [1.165, 1.54) is 6.08 Å². The maximum absolute atomic E-state index is 12.3. The van der Waals surface area contributed by atoms with E-state index in [1.54, 1.807) is 6.08 Å². The van der Waals surface area contributed by atoms with Crippen LogP contribution < -0.4 is 5.73 Å². The van der Waals surface area contributed by atoms with Crippen LogP contribution in [-0.2, 0) is 14.8 Å². The fourth-order valence-corrected chi connectivity index (χ4v) is 3.84. The van der Waals surface area contributed by atoms with Crippen molar-refractivity contribution in [1.82, 2.24) is 4.31 Å². The highest BCUT2D eigenvalue weighted by atomic mass is 32.2. The second kappa shape index (κ2) is 5.37. The molecule has 1 aliphatic carbocycles. The summed E-state index contributed by atoms with van der Waals surface area (Å²) in [5.74, 6) is -1.03. The highest BCUT2D eigenvalue weighted by Crippen LogP contribution is 2.29. The summed E-state index contributed by atoms with van der Waals surface area (Å²) in [5, 5.41) is 8.95. The van der Waals surface area contributed by atoms with Gasteiger partial charge in [-0.05, 0) is 18.9 Å². The lowest BCUT2D eigenvalue weighted by Gasteiger charge is -2.24. The lowest BCUT2D eigenvalue weighted by Crippen LogP contribution is -2.42. The maximum Gasteiger partial charge on any atom is 0.331 e. The zero-order chi connectivity index (χ0) is 14.9. The molecule has 7 nitrogen and oxygen atoms in total. The van der Waals surface area contributed by atoms with Crippen LogP contribution >= 0.6 is 0 Å². The molecule has 0 amide bonds. The van der Waals surface area contributed by atoms with Gasteiger partial charge in [0.25, 0.3) is 0 Å². The average molecular weight is 299 g/mol. The molecule has 1 heterocycles. The Morgan fingerprint density at radius 3 is 2.90 bits per heavy atom. The van der Waals surface area contributed by atoms with Gasteiger partial charge in [-0.2, -0.15) is 0 Å². The normalized spacial score (nSPS) is 22.0. The molecule has 0 fully saturated rings. The number of rotatable bonds is 5. The zero-order valence-corrected chi connectivity index (χ0v) is 11.9. The molecule has 1 aliphatic heterocycles. The number of nitrogens with two attached hydrogens (primary N) is 1. The van der Waals surface area contributed by atoms with E-state index in [0.29, 0.717) is 17.8 Å². The van der Waals surface area contributed by atoms with Crippen molar-refractivity contribution in [3.05, 3.63) is 23.4 Å². The molecule has 1 atom stereocenters. The smallest absolute Gasteiger partial charge is 0.331 e. The zero-order valence-electron chi connectivity index (χ0n) is 11.1. The van der Waals surface area contributed by atoms with Gasteiger partial charge in [0, 0.05) is 5.57 Å². The van der Waals surface area contributed by atoms with E-state index in [1.807, 2.05) is 6.92 Å². The Morgan fingerprint density at radius 2 is 2.30 bits per heavy atom. The van der Waals surface area contributed by atoms with Crippen LogP contribution in [0.15, 0.2) is 28.4 Å². The minimum atomic E-state index is -3.53. The number of carboxylic acid groups (broad SMARTS) is 1. The van der Waals surface area contributed by atoms with E-state index in [4.69, 9.17) is 10.8 Å². The molecule has 110 valence electrons. The topological polar surface area (TPSA) is 113 Å². The van der Waals surface area contributed by atoms with Gasteiger partial charge in [0.1, 0.15) is 0 Å². The standard InChI is InChI=1S/C12H17N3O4S/c1-2-3-6-20(18,19)15-10-5-4-8(11(16)17)7-9(10)14-12(15)13/h5,7,12H,2-4,6,13H2,1H3,(H,16,17). The lowest BCUT2D eigenvalue weighted by atomic mass is 10.0. The summed E-state index contributed by atoms with van der Waals surface area (Å²) in [6.45, 7) is 1.91. The molecule has 0 bridgehead atoms. The van der Waals surface area contributed by atoms with E-state index < -0.39 is 22.3 Å². The lowest BCUT2D eigenvalue weighted by molar-refractivity contribution is -0.132. The monoisotopic (exact) mass is 299 g/mol. The molecule has 8 heteroatoms. The van der Waals surface area contributed by atoms with Crippen LogP contribution in [0.2, 0.25) is 0 Å². The summed E-state index contributed by atoms with van der Waals surface area (Å²) >= 11 is 0. The van der Waals surface area contributed by atoms with E-state index >= 15 is 0 Å². The Morgan fingerprint density at radius 1 is 1.60 bits per heavy atom. The number of allylic oxidation sites excluding steroid dienone is 2. The first-order valence-electron chi connectivity index (χ1n) is 6.36. The average Bonchev–Trinajstić information content (AvgIpc) is 2.71. The Labute approximate surface area is 117 Å². The molecule has 0 aromatic carbocycles. The summed E-state index contributed by atoms with van der Waals surface area (Å²) in [6, 6.07) is 0. The molecule has 3 N–H and O–H groups in total. The molecular weight excluding hydrogens is 282 g/mol. The predicted octanol–water partition coefficient (Wildman–Crippen LogP) is 0.414. The van der Waals surface area contributed by atoms with Gasteiger partial charge in [0.05, 0.1) is 17.2 Å². The Bertz CT molecular complexity index is 619. The highest BCUT2D eigenvalue weighted by Gasteiger charge is 2.37. The van der Waals surface area contributed by atoms with Crippen LogP contribution in [0.5, 0.6) is 0 Å². The molecule has 2 rings (SSSR count). The molecule has 2 aliphatic rings. The fourth-order valence-electron chi connectivity index (χ4n) is 2.14. The molecule has 0 radical (unpaired) electrons. The second-order valence-electron chi connectivity index (χ2n) is 4.66. The summed E-state index contributed by atoms with van der Waals surface area (Å²) < 4.78 is 25.6. The quantitative estimate of drug-likeness (QED) is 0.763. The number of nitrogens with zero attached hydrogens (tertiary/aromatic N) is 2. The minimum absolute atomic E-state index is 0.00679. The van der Waals surface area contributed by atoms with Crippen molar-refractivity contribution in [2.24, 2.45) is 10.7 Å². The summed E-state index contributed by atoms with van der Waals surface area (Å²) in [7, 11) is -3.53. The summed E-state index contributed by atoms with van der Waals surface area (Å²) in [6.07, 6.45) is 3.40. The van der Waals surface area contributed by atoms with Crippen molar-refractivity contribution in [3.8, 4) is 0 Å². The Hall–Kier alpha value is -1.67. The largest absolute Gasteiger partial charge is 0.478 e. The summed E-state index contributed by atoms with van der Waals surface area (Å²) in [4.78, 5) is 15.0. The van der Waals surface area contributed by atoms with E-state index in [-0.39, 0.29) is 17.7 Å². The Balaban J connectivity index is 2.28. The van der Waals surface area contributed by atoms with Gasteiger partial charge in [0.2, 0.25) is 10.0 Å². The van der Waals surface area contributed by atoms with E-state index in [9.17, 15) is 13.2 Å². The van der Waals surface area contributed by atoms with Crippen molar-refractivity contribution in [3.63, 3.8) is 0 Å². The van der Waals surface area contributed by atoms with Gasteiger partial charge in [-0.15, -0.1) is 0 Å². The molecular formula is C12H17N3O4S. The van der Waals surface area contributed by atoms with Crippen LogP contribution in [0.1, 0.15) is 26.2 Å². The van der Waals surface area contributed by atoms with Crippen LogP contribution in [-0.4, -0.2) is 41.6 Å². The molecule has 0 spiro atoms. The maximum atomic E-state index is 12.3. The number of carboxylic acids is 1. The molecule has 0 aromatic rings. The number of hydrogen-bond donors (Lipinski definition) is 2. The van der Waals surface area contributed by atoms with Crippen molar-refractivity contribution in [1.29, 1.82) is 0 Å². The van der Waals surface area contributed by atoms with Crippen molar-refractivity contribution in [2.75, 3.05) is 5.75 Å². The minimum Gasteiger partial charge on any atom is -0.478 e.